The molecule has 0 aliphatic carbocycles. The monoisotopic (exact) mass is 331 g/mol. The third-order valence-electron chi connectivity index (χ3n) is 3.48. The van der Waals surface area contributed by atoms with Crippen LogP contribution in [0.15, 0.2) is 35.3 Å². The summed E-state index contributed by atoms with van der Waals surface area (Å²) in [6, 6.07) is 6.01. The first-order valence-corrected chi connectivity index (χ1v) is 6.91. The molecule has 2 aromatic heterocycles. The molecule has 0 amide bonds. The second-order valence-electron chi connectivity index (χ2n) is 4.57. The van der Waals surface area contributed by atoms with Gasteiger partial charge >= 0.3 is 0 Å². The van der Waals surface area contributed by atoms with Crippen molar-refractivity contribution in [2.75, 3.05) is 0 Å². The zero-order chi connectivity index (χ0) is 13.7. The van der Waals surface area contributed by atoms with Crippen molar-refractivity contribution in [2.45, 2.75) is 13.2 Å². The Hall–Kier alpha value is -1.99. The number of hydrogen-bond donors (Lipinski definition) is 1. The van der Waals surface area contributed by atoms with Crippen molar-refractivity contribution in [1.82, 2.24) is 24.3 Å². The van der Waals surface area contributed by atoms with Gasteiger partial charge in [0.05, 0.1) is 36.6 Å². The number of aromatic nitrogens is 5. The minimum atomic E-state index is -0.0851. The first kappa shape index (κ1) is 11.8. The summed E-state index contributed by atoms with van der Waals surface area (Å²) >= 11 is 3.49. The summed E-state index contributed by atoms with van der Waals surface area (Å²) in [7, 11) is 0. The fraction of sp³-hybridized carbons (Fsp3) is 0.154. The number of rotatable bonds is 1. The third kappa shape index (κ3) is 1.56. The van der Waals surface area contributed by atoms with E-state index in [0.717, 1.165) is 27.2 Å². The fourth-order valence-corrected chi connectivity index (χ4v) is 2.91. The van der Waals surface area contributed by atoms with Crippen LogP contribution in [0.3, 0.4) is 0 Å². The van der Waals surface area contributed by atoms with E-state index in [0.29, 0.717) is 12.2 Å². The zero-order valence-electron chi connectivity index (χ0n) is 10.4. The largest absolute Gasteiger partial charge is 0.390 e. The second kappa shape index (κ2) is 4.26. The number of fused-ring (bicyclic) bond motifs is 5. The Balaban J connectivity index is 2.09. The van der Waals surface area contributed by atoms with Crippen LogP contribution in [0.2, 0.25) is 0 Å². The number of imidazole rings is 1. The molecule has 0 radical (unpaired) electrons. The van der Waals surface area contributed by atoms with E-state index in [4.69, 9.17) is 0 Å². The molecule has 0 saturated carbocycles. The van der Waals surface area contributed by atoms with Crippen LogP contribution in [0.5, 0.6) is 0 Å². The number of hydrogen-bond acceptors (Lipinski definition) is 4. The van der Waals surface area contributed by atoms with Gasteiger partial charge in [0.1, 0.15) is 6.33 Å². The number of halogens is 1. The Kier molecular flexibility index (Phi) is 2.51. The maximum Gasteiger partial charge on any atom is 0.160 e. The molecule has 100 valence electrons. The normalized spacial score (nSPS) is 12.5. The summed E-state index contributed by atoms with van der Waals surface area (Å²) < 4.78 is 4.80. The molecule has 0 spiro atoms. The van der Waals surface area contributed by atoms with Crippen molar-refractivity contribution < 1.29 is 5.11 Å². The predicted molar refractivity (Wildman–Crippen MR) is 75.3 cm³/mol. The van der Waals surface area contributed by atoms with Crippen LogP contribution in [0.1, 0.15) is 11.4 Å². The van der Waals surface area contributed by atoms with Crippen LogP contribution in [0, 0.1) is 0 Å². The molecule has 4 rings (SSSR count). The smallest absolute Gasteiger partial charge is 0.160 e. The second-order valence-corrected chi connectivity index (χ2v) is 5.48. The molecule has 3 aromatic rings. The lowest BCUT2D eigenvalue weighted by Gasteiger charge is -2.08. The van der Waals surface area contributed by atoms with E-state index >= 15 is 0 Å². The Labute approximate surface area is 122 Å². The van der Waals surface area contributed by atoms with Crippen LogP contribution < -0.4 is 0 Å². The van der Waals surface area contributed by atoms with Crippen molar-refractivity contribution in [3.63, 3.8) is 0 Å². The Morgan fingerprint density at radius 3 is 3.05 bits per heavy atom. The molecular weight excluding hydrogens is 322 g/mol. The van der Waals surface area contributed by atoms with Crippen LogP contribution in [-0.2, 0) is 13.2 Å². The minimum Gasteiger partial charge on any atom is -0.390 e. The average Bonchev–Trinajstić information content (AvgIpc) is 3.04. The van der Waals surface area contributed by atoms with E-state index in [9.17, 15) is 5.11 Å². The lowest BCUT2D eigenvalue weighted by Crippen LogP contribution is -2.06. The lowest BCUT2D eigenvalue weighted by atomic mass is 10.1. The van der Waals surface area contributed by atoms with E-state index < -0.39 is 0 Å². The molecule has 0 fully saturated rings. The number of benzene rings is 1. The fourth-order valence-electron chi connectivity index (χ4n) is 2.55. The highest BCUT2D eigenvalue weighted by Gasteiger charge is 2.23. The quantitative estimate of drug-likeness (QED) is 0.577. The summed E-state index contributed by atoms with van der Waals surface area (Å²) in [6.07, 6.45) is 3.28. The Morgan fingerprint density at radius 1 is 1.30 bits per heavy atom. The third-order valence-corrected chi connectivity index (χ3v) is 3.97. The number of aliphatic hydroxyl groups excluding tert-OH is 1. The Bertz CT molecular complexity index is 807. The lowest BCUT2D eigenvalue weighted by molar-refractivity contribution is 0.275. The summed E-state index contributed by atoms with van der Waals surface area (Å²) in [5.41, 5.74) is 3.57. The van der Waals surface area contributed by atoms with E-state index in [1.807, 2.05) is 27.4 Å². The summed E-state index contributed by atoms with van der Waals surface area (Å²) in [5.74, 6) is 0.814. The van der Waals surface area contributed by atoms with Gasteiger partial charge < -0.3 is 9.67 Å². The maximum atomic E-state index is 9.44. The number of nitrogens with zero attached hydrogens (tertiary/aromatic N) is 5. The highest BCUT2D eigenvalue weighted by molar-refractivity contribution is 9.10. The predicted octanol–water partition coefficient (Wildman–Crippen LogP) is 1.75. The van der Waals surface area contributed by atoms with Gasteiger partial charge in [0.15, 0.2) is 5.82 Å². The molecule has 0 bridgehead atoms. The van der Waals surface area contributed by atoms with Crippen molar-refractivity contribution in [3.8, 4) is 17.1 Å². The molecule has 7 heteroatoms. The minimum absolute atomic E-state index is 0.0851. The molecule has 6 nitrogen and oxygen atoms in total. The molecule has 1 N–H and O–H groups in total. The van der Waals surface area contributed by atoms with Gasteiger partial charge in [0.2, 0.25) is 0 Å². The first-order chi connectivity index (χ1) is 9.78. The van der Waals surface area contributed by atoms with Crippen LogP contribution in [0.4, 0.5) is 0 Å². The van der Waals surface area contributed by atoms with Crippen molar-refractivity contribution in [2.24, 2.45) is 0 Å². The van der Waals surface area contributed by atoms with E-state index in [1.54, 1.807) is 12.7 Å². The van der Waals surface area contributed by atoms with Gasteiger partial charge in [-0.05, 0) is 18.2 Å². The molecule has 0 unspecified atom stereocenters. The molecule has 0 saturated heterocycles. The first-order valence-electron chi connectivity index (χ1n) is 6.12. The van der Waals surface area contributed by atoms with Gasteiger partial charge in [-0.1, -0.05) is 15.9 Å². The van der Waals surface area contributed by atoms with Gasteiger partial charge in [-0.2, -0.15) is 5.10 Å². The summed E-state index contributed by atoms with van der Waals surface area (Å²) in [5, 5.41) is 13.7. The molecule has 1 aromatic carbocycles. The van der Waals surface area contributed by atoms with Crippen LogP contribution in [0.25, 0.3) is 17.1 Å². The van der Waals surface area contributed by atoms with Crippen LogP contribution >= 0.6 is 15.9 Å². The molecule has 1 aliphatic heterocycles. The van der Waals surface area contributed by atoms with Crippen molar-refractivity contribution >= 4 is 15.9 Å². The molecular formula is C13H10BrN5O. The average molecular weight is 332 g/mol. The highest BCUT2D eigenvalue weighted by Crippen LogP contribution is 2.32. The molecule has 3 heterocycles. The maximum absolute atomic E-state index is 9.44. The Morgan fingerprint density at radius 2 is 2.20 bits per heavy atom. The van der Waals surface area contributed by atoms with Crippen molar-refractivity contribution in [1.29, 1.82) is 0 Å². The number of aliphatic hydroxyl groups is 1. The van der Waals surface area contributed by atoms with Gasteiger partial charge in [0.25, 0.3) is 0 Å². The van der Waals surface area contributed by atoms with Crippen molar-refractivity contribution in [3.05, 3.63) is 46.7 Å². The van der Waals surface area contributed by atoms with Gasteiger partial charge in [-0.3, -0.25) is 0 Å². The van der Waals surface area contributed by atoms with E-state index in [1.165, 1.54) is 0 Å². The molecule has 20 heavy (non-hydrogen) atoms. The zero-order valence-corrected chi connectivity index (χ0v) is 11.9. The summed E-state index contributed by atoms with van der Waals surface area (Å²) in [4.78, 5) is 8.63. The molecule has 0 atom stereocenters. The standard InChI is InChI=1S/C13H10BrN5O/c14-8-1-2-11-9(3-8)13-15-6-17-19(13)4-12-10(5-20)16-7-18(11)12/h1-3,6-7,20H,4-5H2. The van der Waals surface area contributed by atoms with Gasteiger partial charge in [-0.25, -0.2) is 14.6 Å². The van der Waals surface area contributed by atoms with E-state index in [-0.39, 0.29) is 6.61 Å². The topological polar surface area (TPSA) is 68.8 Å². The van der Waals surface area contributed by atoms with E-state index in [2.05, 4.69) is 31.0 Å². The SMILES string of the molecule is OCc1ncn2c1Cn1ncnc1-c1cc(Br)ccc1-2. The van der Waals surface area contributed by atoms with Crippen LogP contribution in [-0.4, -0.2) is 29.4 Å². The van der Waals surface area contributed by atoms with Gasteiger partial charge in [-0.15, -0.1) is 0 Å². The highest BCUT2D eigenvalue weighted by atomic mass is 79.9. The summed E-state index contributed by atoms with van der Waals surface area (Å²) in [6.45, 7) is 0.454. The molecule has 1 aliphatic rings. The van der Waals surface area contributed by atoms with Gasteiger partial charge in [0, 0.05) is 10.0 Å².